The molecule has 1 aromatic carbocycles. The number of hydrogen-bond donors (Lipinski definition) is 2. The van der Waals surface area contributed by atoms with E-state index in [2.05, 4.69) is 31.3 Å². The molecule has 0 aliphatic heterocycles. The van der Waals surface area contributed by atoms with Crippen LogP contribution in [0.1, 0.15) is 32.3 Å². The van der Waals surface area contributed by atoms with Crippen molar-refractivity contribution in [3.05, 3.63) is 35.9 Å². The molecule has 0 saturated heterocycles. The van der Waals surface area contributed by atoms with Crippen LogP contribution in [0.5, 0.6) is 0 Å². The molecule has 0 spiro atoms. The fourth-order valence-corrected chi connectivity index (χ4v) is 2.08. The van der Waals surface area contributed by atoms with Crippen LogP contribution in [-0.4, -0.2) is 17.8 Å². The monoisotopic (exact) mass is 221 g/mol. The molecule has 1 aromatic rings. The van der Waals surface area contributed by atoms with Crippen LogP contribution in [-0.2, 0) is 6.54 Å². The van der Waals surface area contributed by atoms with Crippen molar-refractivity contribution >= 4 is 0 Å². The summed E-state index contributed by atoms with van der Waals surface area (Å²) in [4.78, 5) is 0. The van der Waals surface area contributed by atoms with E-state index in [1.54, 1.807) is 0 Å². The van der Waals surface area contributed by atoms with E-state index in [-0.39, 0.29) is 12.6 Å². The number of nitrogens with one attached hydrogen (secondary N) is 1. The second-order valence-corrected chi connectivity index (χ2v) is 4.23. The smallest absolute Gasteiger partial charge is 0.0587 e. The van der Waals surface area contributed by atoms with Gasteiger partial charge in [-0.1, -0.05) is 57.0 Å². The molecule has 0 amide bonds. The first kappa shape index (κ1) is 13.2. The summed E-state index contributed by atoms with van der Waals surface area (Å²) in [6.45, 7) is 5.42. The average molecular weight is 221 g/mol. The van der Waals surface area contributed by atoms with Crippen molar-refractivity contribution in [2.45, 2.75) is 39.3 Å². The molecule has 0 radical (unpaired) electrons. The fraction of sp³-hybridized carbons (Fsp3) is 0.571. The Kier molecular flexibility index (Phi) is 6.12. The van der Waals surface area contributed by atoms with Gasteiger partial charge in [0, 0.05) is 12.6 Å². The predicted molar refractivity (Wildman–Crippen MR) is 68.2 cm³/mol. The van der Waals surface area contributed by atoms with E-state index in [0.29, 0.717) is 5.92 Å². The summed E-state index contributed by atoms with van der Waals surface area (Å²) in [5, 5.41) is 12.8. The normalized spacial score (nSPS) is 13.0. The molecule has 2 heteroatoms. The van der Waals surface area contributed by atoms with E-state index in [4.69, 9.17) is 0 Å². The number of aliphatic hydroxyl groups is 1. The summed E-state index contributed by atoms with van der Waals surface area (Å²) in [5.74, 6) is 0.564. The minimum atomic E-state index is 0.218. The van der Waals surface area contributed by atoms with Gasteiger partial charge in [0.15, 0.2) is 0 Å². The highest BCUT2D eigenvalue weighted by Gasteiger charge is 2.16. The maximum atomic E-state index is 9.37. The topological polar surface area (TPSA) is 32.3 Å². The van der Waals surface area contributed by atoms with Gasteiger partial charge in [-0.25, -0.2) is 0 Å². The first-order valence-corrected chi connectivity index (χ1v) is 6.19. The molecule has 0 heterocycles. The quantitative estimate of drug-likeness (QED) is 0.741. The molecule has 0 aliphatic rings. The summed E-state index contributed by atoms with van der Waals surface area (Å²) < 4.78 is 0. The lowest BCUT2D eigenvalue weighted by Crippen LogP contribution is -2.38. The van der Waals surface area contributed by atoms with Gasteiger partial charge in [-0.2, -0.15) is 0 Å². The lowest BCUT2D eigenvalue weighted by Gasteiger charge is -2.24. The van der Waals surface area contributed by atoms with E-state index in [9.17, 15) is 5.11 Å². The molecular weight excluding hydrogens is 198 g/mol. The Balaban J connectivity index is 2.45. The molecule has 16 heavy (non-hydrogen) atoms. The molecule has 1 rings (SSSR count). The Hall–Kier alpha value is -0.860. The fourth-order valence-electron chi connectivity index (χ4n) is 2.08. The highest BCUT2D eigenvalue weighted by molar-refractivity contribution is 5.14. The summed E-state index contributed by atoms with van der Waals surface area (Å²) in [6.07, 6.45) is 2.23. The van der Waals surface area contributed by atoms with Crippen molar-refractivity contribution in [1.82, 2.24) is 5.32 Å². The first-order chi connectivity index (χ1) is 7.81. The Morgan fingerprint density at radius 3 is 2.25 bits per heavy atom. The molecule has 2 nitrogen and oxygen atoms in total. The zero-order chi connectivity index (χ0) is 11.8. The highest BCUT2D eigenvalue weighted by atomic mass is 16.3. The van der Waals surface area contributed by atoms with E-state index >= 15 is 0 Å². The van der Waals surface area contributed by atoms with E-state index in [0.717, 1.165) is 19.4 Å². The van der Waals surface area contributed by atoms with Gasteiger partial charge in [-0.3, -0.25) is 0 Å². The lowest BCUT2D eigenvalue weighted by atomic mass is 9.94. The lowest BCUT2D eigenvalue weighted by molar-refractivity contribution is 0.190. The highest BCUT2D eigenvalue weighted by Crippen LogP contribution is 2.13. The van der Waals surface area contributed by atoms with Gasteiger partial charge in [0.05, 0.1) is 6.61 Å². The molecule has 90 valence electrons. The zero-order valence-corrected chi connectivity index (χ0v) is 10.3. The maximum absolute atomic E-state index is 9.37. The van der Waals surface area contributed by atoms with Crippen LogP contribution in [0.2, 0.25) is 0 Å². The van der Waals surface area contributed by atoms with Crippen LogP contribution >= 0.6 is 0 Å². The Bertz CT molecular complexity index is 269. The minimum Gasteiger partial charge on any atom is -0.395 e. The Labute approximate surface area is 98.7 Å². The van der Waals surface area contributed by atoms with Crippen molar-refractivity contribution in [2.75, 3.05) is 6.61 Å². The third-order valence-corrected chi connectivity index (χ3v) is 3.23. The summed E-state index contributed by atoms with van der Waals surface area (Å²) in [7, 11) is 0. The van der Waals surface area contributed by atoms with Crippen molar-refractivity contribution < 1.29 is 5.11 Å². The van der Waals surface area contributed by atoms with E-state index in [1.807, 2.05) is 18.2 Å². The largest absolute Gasteiger partial charge is 0.395 e. The molecule has 0 bridgehead atoms. The number of hydrogen-bond acceptors (Lipinski definition) is 2. The summed E-state index contributed by atoms with van der Waals surface area (Å²) in [6, 6.07) is 10.5. The van der Waals surface area contributed by atoms with Crippen LogP contribution in [0, 0.1) is 5.92 Å². The first-order valence-electron chi connectivity index (χ1n) is 6.19. The summed E-state index contributed by atoms with van der Waals surface area (Å²) in [5.41, 5.74) is 1.27. The van der Waals surface area contributed by atoms with Crippen LogP contribution in [0.15, 0.2) is 30.3 Å². The molecule has 2 N–H and O–H groups in total. The number of rotatable bonds is 7. The SMILES string of the molecule is CCC(CC)C(CO)NCc1ccccc1. The number of benzene rings is 1. The summed E-state index contributed by atoms with van der Waals surface area (Å²) >= 11 is 0. The van der Waals surface area contributed by atoms with Crippen LogP contribution < -0.4 is 5.32 Å². The van der Waals surface area contributed by atoms with Gasteiger partial charge in [0.25, 0.3) is 0 Å². The molecular formula is C14H23NO. The van der Waals surface area contributed by atoms with Crippen molar-refractivity contribution in [2.24, 2.45) is 5.92 Å². The van der Waals surface area contributed by atoms with Crippen LogP contribution in [0.25, 0.3) is 0 Å². The standard InChI is InChI=1S/C14H23NO/c1-3-13(4-2)14(11-16)15-10-12-8-6-5-7-9-12/h5-9,13-16H,3-4,10-11H2,1-2H3. The Morgan fingerprint density at radius 1 is 1.12 bits per heavy atom. The van der Waals surface area contributed by atoms with E-state index < -0.39 is 0 Å². The second-order valence-electron chi connectivity index (χ2n) is 4.23. The van der Waals surface area contributed by atoms with Crippen LogP contribution in [0.3, 0.4) is 0 Å². The molecule has 0 saturated carbocycles. The van der Waals surface area contributed by atoms with Crippen molar-refractivity contribution in [3.63, 3.8) is 0 Å². The Morgan fingerprint density at radius 2 is 1.75 bits per heavy atom. The second kappa shape index (κ2) is 7.42. The van der Waals surface area contributed by atoms with Gasteiger partial charge in [-0.15, -0.1) is 0 Å². The minimum absolute atomic E-state index is 0.218. The predicted octanol–water partition coefficient (Wildman–Crippen LogP) is 2.57. The molecule has 0 fully saturated rings. The number of aliphatic hydroxyl groups excluding tert-OH is 1. The van der Waals surface area contributed by atoms with E-state index in [1.165, 1.54) is 5.56 Å². The average Bonchev–Trinajstić information content (AvgIpc) is 2.35. The van der Waals surface area contributed by atoms with Crippen LogP contribution in [0.4, 0.5) is 0 Å². The molecule has 1 unspecified atom stereocenters. The van der Waals surface area contributed by atoms with Gasteiger partial charge in [-0.05, 0) is 11.5 Å². The zero-order valence-electron chi connectivity index (χ0n) is 10.3. The molecule has 1 atom stereocenters. The van der Waals surface area contributed by atoms with Gasteiger partial charge >= 0.3 is 0 Å². The van der Waals surface area contributed by atoms with Gasteiger partial charge in [0.1, 0.15) is 0 Å². The van der Waals surface area contributed by atoms with Gasteiger partial charge < -0.3 is 10.4 Å². The van der Waals surface area contributed by atoms with Gasteiger partial charge in [0.2, 0.25) is 0 Å². The maximum Gasteiger partial charge on any atom is 0.0587 e. The third kappa shape index (κ3) is 3.95. The molecule has 0 aliphatic carbocycles. The van der Waals surface area contributed by atoms with Crippen molar-refractivity contribution in [1.29, 1.82) is 0 Å². The third-order valence-electron chi connectivity index (χ3n) is 3.23. The molecule has 0 aromatic heterocycles. The van der Waals surface area contributed by atoms with Crippen molar-refractivity contribution in [3.8, 4) is 0 Å².